The van der Waals surface area contributed by atoms with E-state index in [1.165, 1.54) is 5.56 Å². The number of methoxy groups -OCH3 is 2. The Morgan fingerprint density at radius 3 is 2.46 bits per heavy atom. The average molecular weight is 378 g/mol. The van der Waals surface area contributed by atoms with Gasteiger partial charge in [-0.05, 0) is 55.7 Å². The van der Waals surface area contributed by atoms with E-state index in [1.54, 1.807) is 14.2 Å². The van der Waals surface area contributed by atoms with Gasteiger partial charge in [-0.1, -0.05) is 18.2 Å². The van der Waals surface area contributed by atoms with Crippen molar-refractivity contribution < 1.29 is 9.47 Å². The molecule has 146 valence electrons. The minimum Gasteiger partial charge on any atom is -0.493 e. The van der Waals surface area contributed by atoms with Crippen LogP contribution in [0.3, 0.4) is 0 Å². The molecule has 6 nitrogen and oxygen atoms in total. The van der Waals surface area contributed by atoms with E-state index in [2.05, 4.69) is 39.7 Å². The molecule has 6 heteroatoms. The lowest BCUT2D eigenvalue weighted by Gasteiger charge is -2.11. The highest BCUT2D eigenvalue weighted by molar-refractivity contribution is 5.58. The first-order chi connectivity index (χ1) is 13.6. The van der Waals surface area contributed by atoms with Gasteiger partial charge in [-0.15, -0.1) is 0 Å². The van der Waals surface area contributed by atoms with Crippen LogP contribution in [-0.4, -0.2) is 30.7 Å². The molecule has 3 aromatic rings. The summed E-state index contributed by atoms with van der Waals surface area (Å²) >= 11 is 0. The van der Waals surface area contributed by atoms with Gasteiger partial charge in [-0.2, -0.15) is 4.98 Å². The molecule has 2 aromatic carbocycles. The molecule has 0 saturated heterocycles. The van der Waals surface area contributed by atoms with Gasteiger partial charge in [0.15, 0.2) is 11.5 Å². The maximum atomic E-state index is 5.36. The van der Waals surface area contributed by atoms with Gasteiger partial charge in [-0.25, -0.2) is 4.98 Å². The van der Waals surface area contributed by atoms with Crippen LogP contribution in [0.2, 0.25) is 0 Å². The number of rotatable bonds is 8. The Kier molecular flexibility index (Phi) is 6.32. The minimum atomic E-state index is 0.607. The minimum absolute atomic E-state index is 0.607. The standard InChI is InChI=1S/C22H26N4O2/c1-15-6-5-7-18(12-15)25-21-13-16(2)24-22(26-21)23-11-10-17-8-9-19(27-3)20(14-17)28-4/h5-9,12-14H,10-11H2,1-4H3,(H2,23,24,25,26). The van der Waals surface area contributed by atoms with Gasteiger partial charge < -0.3 is 20.1 Å². The highest BCUT2D eigenvalue weighted by Crippen LogP contribution is 2.27. The van der Waals surface area contributed by atoms with E-state index < -0.39 is 0 Å². The second-order valence-electron chi connectivity index (χ2n) is 6.58. The molecule has 1 aromatic heterocycles. The van der Waals surface area contributed by atoms with Crippen LogP contribution in [-0.2, 0) is 6.42 Å². The molecule has 0 aliphatic heterocycles. The maximum absolute atomic E-state index is 5.36. The third kappa shape index (κ3) is 5.13. The number of nitrogens with one attached hydrogen (secondary N) is 2. The summed E-state index contributed by atoms with van der Waals surface area (Å²) in [4.78, 5) is 9.05. The Hall–Kier alpha value is -3.28. The van der Waals surface area contributed by atoms with Gasteiger partial charge in [0.25, 0.3) is 0 Å². The topological polar surface area (TPSA) is 68.3 Å². The second-order valence-corrected chi connectivity index (χ2v) is 6.58. The van der Waals surface area contributed by atoms with Crippen molar-refractivity contribution in [3.63, 3.8) is 0 Å². The van der Waals surface area contributed by atoms with Gasteiger partial charge in [0.2, 0.25) is 5.95 Å². The molecular weight excluding hydrogens is 352 g/mol. The van der Waals surface area contributed by atoms with E-state index in [-0.39, 0.29) is 0 Å². The number of anilines is 3. The van der Waals surface area contributed by atoms with Crippen molar-refractivity contribution in [2.24, 2.45) is 0 Å². The van der Waals surface area contributed by atoms with E-state index in [4.69, 9.17) is 9.47 Å². The van der Waals surface area contributed by atoms with E-state index >= 15 is 0 Å². The molecule has 0 amide bonds. The van der Waals surface area contributed by atoms with Crippen molar-refractivity contribution in [3.05, 3.63) is 65.4 Å². The second kappa shape index (κ2) is 9.08. The summed E-state index contributed by atoms with van der Waals surface area (Å²) in [6.45, 7) is 4.74. The monoisotopic (exact) mass is 378 g/mol. The van der Waals surface area contributed by atoms with Crippen molar-refractivity contribution >= 4 is 17.5 Å². The third-order valence-corrected chi connectivity index (χ3v) is 4.29. The fourth-order valence-electron chi connectivity index (χ4n) is 2.94. The molecule has 0 unspecified atom stereocenters. The quantitative estimate of drug-likeness (QED) is 0.601. The average Bonchev–Trinajstić information content (AvgIpc) is 2.67. The van der Waals surface area contributed by atoms with Gasteiger partial charge in [0, 0.05) is 24.0 Å². The summed E-state index contributed by atoms with van der Waals surface area (Å²) in [7, 11) is 3.28. The van der Waals surface area contributed by atoms with Crippen molar-refractivity contribution in [2.45, 2.75) is 20.3 Å². The Bertz CT molecular complexity index is 944. The van der Waals surface area contributed by atoms with E-state index in [0.29, 0.717) is 12.5 Å². The van der Waals surface area contributed by atoms with E-state index in [1.807, 2.05) is 43.3 Å². The summed E-state index contributed by atoms with van der Waals surface area (Å²) in [5, 5.41) is 6.64. The van der Waals surface area contributed by atoms with Crippen LogP contribution in [0.5, 0.6) is 11.5 Å². The third-order valence-electron chi connectivity index (χ3n) is 4.29. The molecule has 0 spiro atoms. The molecular formula is C22H26N4O2. The van der Waals surface area contributed by atoms with Crippen molar-refractivity contribution in [1.82, 2.24) is 9.97 Å². The van der Waals surface area contributed by atoms with Gasteiger partial charge in [-0.3, -0.25) is 0 Å². The normalized spacial score (nSPS) is 10.4. The lowest BCUT2D eigenvalue weighted by atomic mass is 10.1. The lowest BCUT2D eigenvalue weighted by Crippen LogP contribution is -2.10. The molecule has 28 heavy (non-hydrogen) atoms. The molecule has 0 aliphatic carbocycles. The predicted molar refractivity (Wildman–Crippen MR) is 113 cm³/mol. The van der Waals surface area contributed by atoms with Crippen molar-refractivity contribution in [1.29, 1.82) is 0 Å². The van der Waals surface area contributed by atoms with Crippen LogP contribution in [0.15, 0.2) is 48.5 Å². The molecule has 3 rings (SSSR count). The van der Waals surface area contributed by atoms with Gasteiger partial charge in [0.1, 0.15) is 5.82 Å². The van der Waals surface area contributed by atoms with E-state index in [9.17, 15) is 0 Å². The molecule has 0 atom stereocenters. The largest absolute Gasteiger partial charge is 0.493 e. The fraction of sp³-hybridized carbons (Fsp3) is 0.273. The maximum Gasteiger partial charge on any atom is 0.224 e. The Morgan fingerprint density at radius 2 is 1.71 bits per heavy atom. The number of ether oxygens (including phenoxy) is 2. The summed E-state index contributed by atoms with van der Waals surface area (Å²) < 4.78 is 10.6. The Labute approximate surface area is 166 Å². The van der Waals surface area contributed by atoms with E-state index in [0.717, 1.165) is 40.7 Å². The summed E-state index contributed by atoms with van der Waals surface area (Å²) in [5.41, 5.74) is 4.26. The molecule has 1 heterocycles. The van der Waals surface area contributed by atoms with Crippen LogP contribution in [0.4, 0.5) is 17.5 Å². The van der Waals surface area contributed by atoms with Crippen LogP contribution < -0.4 is 20.1 Å². The molecule has 0 fully saturated rings. The predicted octanol–water partition coefficient (Wildman–Crippen LogP) is 4.51. The molecule has 0 aliphatic rings. The summed E-state index contributed by atoms with van der Waals surface area (Å²) in [6.07, 6.45) is 0.818. The smallest absolute Gasteiger partial charge is 0.224 e. The zero-order valence-electron chi connectivity index (χ0n) is 16.7. The molecule has 0 saturated carbocycles. The first-order valence-electron chi connectivity index (χ1n) is 9.21. The zero-order chi connectivity index (χ0) is 19.9. The molecule has 2 N–H and O–H groups in total. The number of benzene rings is 2. The van der Waals surface area contributed by atoms with Crippen LogP contribution in [0.1, 0.15) is 16.8 Å². The first-order valence-corrected chi connectivity index (χ1v) is 9.21. The Morgan fingerprint density at radius 1 is 0.893 bits per heavy atom. The van der Waals surface area contributed by atoms with Crippen molar-refractivity contribution in [2.75, 3.05) is 31.4 Å². The van der Waals surface area contributed by atoms with Crippen molar-refractivity contribution in [3.8, 4) is 11.5 Å². The van der Waals surface area contributed by atoms with Gasteiger partial charge >= 0.3 is 0 Å². The highest BCUT2D eigenvalue weighted by atomic mass is 16.5. The van der Waals surface area contributed by atoms with Crippen LogP contribution in [0.25, 0.3) is 0 Å². The zero-order valence-corrected chi connectivity index (χ0v) is 16.7. The first kappa shape index (κ1) is 19.5. The number of hydrogen-bond acceptors (Lipinski definition) is 6. The number of aromatic nitrogens is 2. The summed E-state index contributed by atoms with van der Waals surface area (Å²) in [5.74, 6) is 2.84. The number of nitrogens with zero attached hydrogens (tertiary/aromatic N) is 2. The van der Waals surface area contributed by atoms with Crippen LogP contribution in [0, 0.1) is 13.8 Å². The number of hydrogen-bond donors (Lipinski definition) is 2. The fourth-order valence-corrected chi connectivity index (χ4v) is 2.94. The Balaban J connectivity index is 1.64. The lowest BCUT2D eigenvalue weighted by molar-refractivity contribution is 0.354. The summed E-state index contributed by atoms with van der Waals surface area (Å²) in [6, 6.07) is 16.1. The number of aryl methyl sites for hydroxylation is 2. The molecule has 0 bridgehead atoms. The van der Waals surface area contributed by atoms with Crippen LogP contribution >= 0.6 is 0 Å². The SMILES string of the molecule is COc1ccc(CCNc2nc(C)cc(Nc3cccc(C)c3)n2)cc1OC. The van der Waals surface area contributed by atoms with Gasteiger partial charge in [0.05, 0.1) is 14.2 Å². The molecule has 0 radical (unpaired) electrons. The highest BCUT2D eigenvalue weighted by Gasteiger charge is 2.06.